The number of hydroxylamine groups is 5. The number of allylic oxidation sites excluding steroid dienone is 2. The second-order valence-electron chi connectivity index (χ2n) is 6.44. The molecule has 12 heteroatoms. The van der Waals surface area contributed by atoms with Gasteiger partial charge in [0.2, 0.25) is 5.70 Å². The van der Waals surface area contributed by atoms with Crippen LogP contribution in [0.5, 0.6) is 0 Å². The predicted molar refractivity (Wildman–Crippen MR) is 98.3 cm³/mol. The summed E-state index contributed by atoms with van der Waals surface area (Å²) in [6.07, 6.45) is 4.28. The van der Waals surface area contributed by atoms with Gasteiger partial charge in [-0.3, -0.25) is 9.59 Å². The van der Waals surface area contributed by atoms with E-state index in [-0.39, 0.29) is 25.1 Å². The zero-order valence-electron chi connectivity index (χ0n) is 15.4. The van der Waals surface area contributed by atoms with Gasteiger partial charge in [0.25, 0.3) is 11.8 Å². The Morgan fingerprint density at radius 2 is 1.90 bits per heavy atom. The summed E-state index contributed by atoms with van der Waals surface area (Å²) in [5.41, 5.74) is 4.73. The van der Waals surface area contributed by atoms with Crippen molar-refractivity contribution in [2.75, 3.05) is 5.32 Å². The Labute approximate surface area is 169 Å². The molecular weight excluding hydrogens is 398 g/mol. The summed E-state index contributed by atoms with van der Waals surface area (Å²) >= 11 is 0. The van der Waals surface area contributed by atoms with Crippen molar-refractivity contribution in [2.45, 2.75) is 19.3 Å². The van der Waals surface area contributed by atoms with E-state index < -0.39 is 22.7 Å². The summed E-state index contributed by atoms with van der Waals surface area (Å²) in [6, 6.07) is 6.76. The number of nitrogens with zero attached hydrogens (tertiary/aromatic N) is 3. The van der Waals surface area contributed by atoms with Crippen LogP contribution in [0.2, 0.25) is 0 Å². The van der Waals surface area contributed by atoms with Gasteiger partial charge in [-0.25, -0.2) is 10.3 Å². The van der Waals surface area contributed by atoms with Gasteiger partial charge < -0.3 is 20.3 Å². The molecule has 0 radical (unpaired) electrons. The number of carbonyl (C=O) groups is 3. The molecule has 0 saturated carbocycles. The van der Waals surface area contributed by atoms with E-state index in [9.17, 15) is 24.5 Å². The standard InChI is InChI=1S/C18H15N5O7/c24-16-7-8-17(25)22(16)29-18(26)9-11-1-3-12(4-2-11)20-13-5-6-15(23(27)28)21-14(13)10-19-30-21/h1-6,10,19-20H,7-9H2. The molecule has 0 spiro atoms. The number of rotatable bonds is 6. The second kappa shape index (κ2) is 7.67. The molecule has 154 valence electrons. The minimum Gasteiger partial charge on any atom is -0.358 e. The van der Waals surface area contributed by atoms with Crippen molar-refractivity contribution >= 4 is 23.5 Å². The molecule has 1 fully saturated rings. The number of hydrogen-bond donors (Lipinski definition) is 2. The Kier molecular flexibility index (Phi) is 4.90. The Bertz CT molecular complexity index is 1010. The van der Waals surface area contributed by atoms with Crippen LogP contribution in [0.4, 0.5) is 5.69 Å². The average Bonchev–Trinajstić information content (AvgIpc) is 3.32. The fourth-order valence-corrected chi connectivity index (χ4v) is 2.97. The lowest BCUT2D eigenvalue weighted by molar-refractivity contribution is -0.465. The number of imide groups is 1. The number of carbonyl (C=O) groups excluding carboxylic acids is 3. The number of anilines is 1. The van der Waals surface area contributed by atoms with Gasteiger partial charge in [-0.2, -0.15) is 0 Å². The molecule has 1 aromatic rings. The highest BCUT2D eigenvalue weighted by Crippen LogP contribution is 2.29. The molecule has 1 aromatic carbocycles. The van der Waals surface area contributed by atoms with Crippen molar-refractivity contribution in [3.05, 3.63) is 75.5 Å². The lowest BCUT2D eigenvalue weighted by atomic mass is 10.1. The van der Waals surface area contributed by atoms with Crippen LogP contribution in [-0.2, 0) is 30.6 Å². The van der Waals surface area contributed by atoms with E-state index in [1.807, 2.05) is 0 Å². The van der Waals surface area contributed by atoms with Gasteiger partial charge in [-0.1, -0.05) is 17.1 Å². The summed E-state index contributed by atoms with van der Waals surface area (Å²) in [7, 11) is 0. The van der Waals surface area contributed by atoms with Crippen molar-refractivity contribution in [3.8, 4) is 0 Å². The molecule has 3 aliphatic rings. The van der Waals surface area contributed by atoms with Gasteiger partial charge in [0.1, 0.15) is 0 Å². The molecule has 2 amide bonds. The van der Waals surface area contributed by atoms with Crippen LogP contribution in [0.25, 0.3) is 0 Å². The van der Waals surface area contributed by atoms with Crippen LogP contribution in [-0.4, -0.2) is 32.8 Å². The first-order valence-corrected chi connectivity index (χ1v) is 8.84. The van der Waals surface area contributed by atoms with E-state index in [4.69, 9.17) is 9.78 Å². The quantitative estimate of drug-likeness (QED) is 0.391. The number of benzene rings is 1. The van der Waals surface area contributed by atoms with Crippen molar-refractivity contribution in [2.24, 2.45) is 0 Å². The lowest BCUT2D eigenvalue weighted by Crippen LogP contribution is -2.32. The molecule has 0 unspecified atom stereocenters. The van der Waals surface area contributed by atoms with Gasteiger partial charge in [0, 0.05) is 24.6 Å². The molecule has 3 heterocycles. The topological polar surface area (TPSA) is 143 Å². The Morgan fingerprint density at radius 3 is 2.57 bits per heavy atom. The molecule has 0 atom stereocenters. The Morgan fingerprint density at radius 1 is 1.20 bits per heavy atom. The minimum absolute atomic E-state index is 0.0368. The summed E-state index contributed by atoms with van der Waals surface area (Å²) in [5, 5.41) is 15.7. The monoisotopic (exact) mass is 413 g/mol. The van der Waals surface area contributed by atoms with Crippen molar-refractivity contribution < 1.29 is 29.1 Å². The Balaban J connectivity index is 1.39. The van der Waals surface area contributed by atoms with E-state index in [1.165, 1.54) is 12.3 Å². The molecule has 0 bridgehead atoms. The normalized spacial score (nSPS) is 17.7. The van der Waals surface area contributed by atoms with E-state index in [2.05, 4.69) is 10.8 Å². The zero-order chi connectivity index (χ0) is 21.3. The van der Waals surface area contributed by atoms with E-state index >= 15 is 0 Å². The fourth-order valence-electron chi connectivity index (χ4n) is 2.97. The van der Waals surface area contributed by atoms with Gasteiger partial charge >= 0.3 is 11.8 Å². The molecule has 30 heavy (non-hydrogen) atoms. The first-order valence-electron chi connectivity index (χ1n) is 8.84. The molecule has 0 aliphatic carbocycles. The maximum Gasteiger partial charge on any atom is 0.355 e. The van der Waals surface area contributed by atoms with Crippen LogP contribution in [0.1, 0.15) is 18.4 Å². The average molecular weight is 413 g/mol. The highest BCUT2D eigenvalue weighted by molar-refractivity contribution is 6.01. The van der Waals surface area contributed by atoms with Crippen molar-refractivity contribution in [1.29, 1.82) is 0 Å². The van der Waals surface area contributed by atoms with Crippen LogP contribution in [0.3, 0.4) is 0 Å². The van der Waals surface area contributed by atoms with E-state index in [0.717, 1.165) is 5.06 Å². The molecular formula is C18H15N5O7. The highest BCUT2D eigenvalue weighted by atomic mass is 16.8. The van der Waals surface area contributed by atoms with Gasteiger partial charge in [-0.15, -0.1) is 5.06 Å². The number of nitro groups is 1. The summed E-state index contributed by atoms with van der Waals surface area (Å²) < 4.78 is 0. The van der Waals surface area contributed by atoms with E-state index in [1.54, 1.807) is 30.3 Å². The molecule has 2 N–H and O–H groups in total. The summed E-state index contributed by atoms with van der Waals surface area (Å²) in [6.45, 7) is 0. The van der Waals surface area contributed by atoms with Crippen LogP contribution in [0.15, 0.2) is 59.8 Å². The fraction of sp³-hybridized carbons (Fsp3) is 0.167. The smallest absolute Gasteiger partial charge is 0.355 e. The number of nitrogens with one attached hydrogen (secondary N) is 2. The second-order valence-corrected chi connectivity index (χ2v) is 6.44. The zero-order valence-corrected chi connectivity index (χ0v) is 15.4. The van der Waals surface area contributed by atoms with Crippen molar-refractivity contribution in [1.82, 2.24) is 15.6 Å². The maximum absolute atomic E-state index is 12.0. The minimum atomic E-state index is -0.721. The third-order valence-electron chi connectivity index (χ3n) is 4.41. The lowest BCUT2D eigenvalue weighted by Gasteiger charge is -2.18. The first kappa shape index (κ1) is 19.1. The molecule has 1 saturated heterocycles. The van der Waals surface area contributed by atoms with Crippen molar-refractivity contribution in [3.63, 3.8) is 0 Å². The van der Waals surface area contributed by atoms with Crippen LogP contribution >= 0.6 is 0 Å². The van der Waals surface area contributed by atoms with Gasteiger partial charge in [0.05, 0.1) is 18.3 Å². The molecule has 0 aromatic heterocycles. The first-order chi connectivity index (χ1) is 14.4. The summed E-state index contributed by atoms with van der Waals surface area (Å²) in [5.74, 6) is -2.02. The molecule has 4 rings (SSSR count). The van der Waals surface area contributed by atoms with Gasteiger partial charge in [0.15, 0.2) is 0 Å². The highest BCUT2D eigenvalue weighted by Gasteiger charge is 2.37. The third-order valence-corrected chi connectivity index (χ3v) is 4.41. The van der Waals surface area contributed by atoms with Crippen LogP contribution in [0, 0.1) is 10.1 Å². The van der Waals surface area contributed by atoms with Gasteiger partial charge in [-0.05, 0) is 33.8 Å². The third kappa shape index (κ3) is 3.71. The number of amides is 2. The SMILES string of the molecule is O=C(Cc1ccc(NC2=CC=C([N+](=O)[O-])N3ONC=C23)cc1)ON1C(=O)CCC1=O. The Hall–Kier alpha value is -4.19. The summed E-state index contributed by atoms with van der Waals surface area (Å²) in [4.78, 5) is 55.3. The number of hydrogen-bond acceptors (Lipinski definition) is 10. The largest absolute Gasteiger partial charge is 0.358 e. The predicted octanol–water partition coefficient (Wildman–Crippen LogP) is 0.857. The molecule has 12 nitrogen and oxygen atoms in total. The number of fused-ring (bicyclic) bond motifs is 1. The van der Waals surface area contributed by atoms with Crippen LogP contribution < -0.4 is 10.8 Å². The van der Waals surface area contributed by atoms with E-state index in [0.29, 0.717) is 27.7 Å². The molecule has 3 aliphatic heterocycles. The maximum atomic E-state index is 12.0.